The molecule has 17 nitrogen and oxygen atoms in total. The Morgan fingerprint density at radius 3 is 2.47 bits per heavy atom. The van der Waals surface area contributed by atoms with Crippen molar-refractivity contribution in [3.05, 3.63) is 52.6 Å². The minimum Gasteiger partial charge on any atom is -0.463 e. The molecule has 3 heterocycles. The molecule has 1 aromatic carbocycles. The van der Waals surface area contributed by atoms with Gasteiger partial charge in [0.15, 0.2) is 23.8 Å². The number of nitrogens with one attached hydrogen (secondary N) is 2. The van der Waals surface area contributed by atoms with Gasteiger partial charge in [-0.2, -0.15) is 10.1 Å². The number of nitrogens with zero attached hydrogens (tertiary/aromatic N) is 2. The Morgan fingerprint density at radius 1 is 1.11 bits per heavy atom. The summed E-state index contributed by atoms with van der Waals surface area (Å²) in [5.74, 6) is -1.19. The Kier molecular flexibility index (Phi) is 11.3. The maximum atomic E-state index is 14.3. The molecule has 0 saturated carbocycles. The fourth-order valence-corrected chi connectivity index (χ4v) is 6.53. The number of aryl methyl sites for hydroxylation is 1. The lowest BCUT2D eigenvalue weighted by molar-refractivity contribution is -0.149. The van der Waals surface area contributed by atoms with Crippen LogP contribution in [0.3, 0.4) is 0 Å². The minimum absolute atomic E-state index is 0.0146. The second-order valence-electron chi connectivity index (χ2n) is 11.6. The molecular formula is C29H39N4O13P. The number of fused-ring (bicyclic) bond motifs is 1. The molecule has 2 fully saturated rings. The highest BCUT2D eigenvalue weighted by Crippen LogP contribution is 2.50. The SMILES string of the molecule is CC(C)OC(=O)CCc1ccccc1OP(=O)(N[C@@H](C)C(=O)OC(C)C)OC[C@H]1O[C@@H](n2ccc(NO)nc2=O)C2(C)OC(=O)O[C@@H]12. The third kappa shape index (κ3) is 8.67. The van der Waals surface area contributed by atoms with Gasteiger partial charge in [-0.15, -0.1) is 0 Å². The molecule has 6 atom stereocenters. The van der Waals surface area contributed by atoms with Crippen LogP contribution in [0, 0.1) is 0 Å². The maximum absolute atomic E-state index is 14.3. The van der Waals surface area contributed by atoms with Crippen LogP contribution in [-0.4, -0.2) is 75.5 Å². The quantitative estimate of drug-likeness (QED) is 0.106. The molecule has 2 aromatic rings. The van der Waals surface area contributed by atoms with Crippen molar-refractivity contribution < 1.29 is 56.9 Å². The van der Waals surface area contributed by atoms with Crippen molar-refractivity contribution >= 4 is 31.7 Å². The zero-order valence-electron chi connectivity index (χ0n) is 26.7. The van der Waals surface area contributed by atoms with Crippen molar-refractivity contribution in [2.45, 2.75) is 96.7 Å². The van der Waals surface area contributed by atoms with Gasteiger partial charge in [-0.3, -0.25) is 29.4 Å². The summed E-state index contributed by atoms with van der Waals surface area (Å²) >= 11 is 0. The second kappa shape index (κ2) is 14.8. The van der Waals surface area contributed by atoms with Crippen molar-refractivity contribution in [3.63, 3.8) is 0 Å². The number of ether oxygens (including phenoxy) is 5. The number of aromatic nitrogens is 2. The van der Waals surface area contributed by atoms with Crippen molar-refractivity contribution in [2.75, 3.05) is 12.1 Å². The van der Waals surface area contributed by atoms with Gasteiger partial charge in [0, 0.05) is 12.6 Å². The molecular weight excluding hydrogens is 643 g/mol. The third-order valence-electron chi connectivity index (χ3n) is 7.04. The van der Waals surface area contributed by atoms with E-state index in [9.17, 15) is 23.7 Å². The summed E-state index contributed by atoms with van der Waals surface area (Å²) in [5, 5.41) is 11.7. The van der Waals surface area contributed by atoms with Gasteiger partial charge in [0.05, 0.1) is 18.8 Å². The van der Waals surface area contributed by atoms with Crippen LogP contribution in [0.2, 0.25) is 0 Å². The molecule has 1 aromatic heterocycles. The number of carbonyl (C=O) groups excluding carboxylic acids is 3. The van der Waals surface area contributed by atoms with Crippen LogP contribution in [0.5, 0.6) is 5.75 Å². The Bertz CT molecular complexity index is 1570. The highest BCUT2D eigenvalue weighted by Gasteiger charge is 2.64. The summed E-state index contributed by atoms with van der Waals surface area (Å²) in [7, 11) is -4.47. The number of para-hydroxylation sites is 1. The van der Waals surface area contributed by atoms with Crippen LogP contribution in [0.4, 0.5) is 10.6 Å². The summed E-state index contributed by atoms with van der Waals surface area (Å²) < 4.78 is 54.4. The van der Waals surface area contributed by atoms with Gasteiger partial charge in [-0.1, -0.05) is 18.2 Å². The molecule has 47 heavy (non-hydrogen) atoms. The van der Waals surface area contributed by atoms with Crippen LogP contribution in [0.1, 0.15) is 59.8 Å². The number of carbonyl (C=O) groups is 3. The summed E-state index contributed by atoms with van der Waals surface area (Å²) in [6.07, 6.45) is -3.88. The van der Waals surface area contributed by atoms with Crippen LogP contribution >= 0.6 is 7.75 Å². The minimum atomic E-state index is -4.47. The Labute approximate surface area is 270 Å². The van der Waals surface area contributed by atoms with Crippen LogP contribution < -0.4 is 20.8 Å². The van der Waals surface area contributed by atoms with E-state index in [2.05, 4.69) is 10.1 Å². The first-order chi connectivity index (χ1) is 22.1. The van der Waals surface area contributed by atoms with E-state index < -0.39 is 74.3 Å². The molecule has 4 rings (SSSR count). The normalized spacial score (nSPS) is 23.8. The van der Waals surface area contributed by atoms with E-state index in [0.29, 0.717) is 5.56 Å². The summed E-state index contributed by atoms with van der Waals surface area (Å²) in [4.78, 5) is 53.5. The van der Waals surface area contributed by atoms with E-state index in [0.717, 1.165) is 4.57 Å². The van der Waals surface area contributed by atoms with E-state index >= 15 is 0 Å². The topological polar surface area (TPSA) is 212 Å². The van der Waals surface area contributed by atoms with E-state index in [4.69, 9.17) is 37.9 Å². The lowest BCUT2D eigenvalue weighted by atomic mass is 9.96. The van der Waals surface area contributed by atoms with E-state index in [-0.39, 0.29) is 30.5 Å². The molecule has 0 bridgehead atoms. The van der Waals surface area contributed by atoms with E-state index in [1.165, 1.54) is 32.2 Å². The lowest BCUT2D eigenvalue weighted by Gasteiger charge is -2.26. The van der Waals surface area contributed by atoms with Gasteiger partial charge >= 0.3 is 31.5 Å². The van der Waals surface area contributed by atoms with Crippen molar-refractivity contribution in [3.8, 4) is 5.75 Å². The molecule has 3 N–H and O–H groups in total. The molecule has 0 spiro atoms. The molecule has 0 aliphatic carbocycles. The molecule has 2 saturated heterocycles. The van der Waals surface area contributed by atoms with Crippen molar-refractivity contribution in [1.82, 2.24) is 14.6 Å². The fourth-order valence-electron chi connectivity index (χ4n) is 4.99. The first-order valence-corrected chi connectivity index (χ1v) is 16.4. The maximum Gasteiger partial charge on any atom is 0.509 e. The Morgan fingerprint density at radius 2 is 1.81 bits per heavy atom. The monoisotopic (exact) mass is 682 g/mol. The highest BCUT2D eigenvalue weighted by atomic mass is 31.2. The molecule has 0 amide bonds. The average Bonchev–Trinajstić information content (AvgIpc) is 3.43. The second-order valence-corrected chi connectivity index (χ2v) is 13.3. The Hall–Kier alpha value is -4.02. The molecule has 2 aliphatic rings. The predicted octanol–water partition coefficient (Wildman–Crippen LogP) is 3.25. The zero-order valence-corrected chi connectivity index (χ0v) is 27.6. The fraction of sp³-hybridized carbons (Fsp3) is 0.552. The summed E-state index contributed by atoms with van der Waals surface area (Å²) in [5.41, 5.74) is -0.118. The van der Waals surface area contributed by atoms with Crippen molar-refractivity contribution in [1.29, 1.82) is 0 Å². The van der Waals surface area contributed by atoms with Crippen molar-refractivity contribution in [2.24, 2.45) is 0 Å². The van der Waals surface area contributed by atoms with E-state index in [1.807, 2.05) is 0 Å². The molecule has 2 aliphatic heterocycles. The first kappa shape index (κ1) is 35.8. The Balaban J connectivity index is 1.59. The molecule has 2 unspecified atom stereocenters. The van der Waals surface area contributed by atoms with Crippen LogP contribution in [0.15, 0.2) is 41.3 Å². The highest BCUT2D eigenvalue weighted by molar-refractivity contribution is 7.52. The largest absolute Gasteiger partial charge is 0.509 e. The number of esters is 2. The van der Waals surface area contributed by atoms with Gasteiger partial charge in [0.25, 0.3) is 0 Å². The van der Waals surface area contributed by atoms with Crippen LogP contribution in [0.25, 0.3) is 0 Å². The number of rotatable bonds is 15. The van der Waals surface area contributed by atoms with Gasteiger partial charge in [-0.25, -0.2) is 14.2 Å². The molecule has 0 radical (unpaired) electrons. The average molecular weight is 683 g/mol. The van der Waals surface area contributed by atoms with Crippen LogP contribution in [-0.2, 0) is 48.8 Å². The van der Waals surface area contributed by atoms with Gasteiger partial charge in [0.2, 0.25) is 0 Å². The molecule has 258 valence electrons. The number of benzene rings is 1. The standard InChI is InChI=1S/C29H39N4O13P/c1-16(2)41-23(34)12-11-19-9-7-8-10-20(19)46-47(39,32-18(5)25(35)42-17(3)4)40-15-21-24-29(6,45-28(37)44-24)26(43-21)33-14-13-22(31-38)30-27(33)36/h7-10,13-14,16-18,21,24,26,38H,11-12,15H2,1-6H3,(H,32,39)(H,30,31,36)/t18-,21+,24-,26+,29?,47?/m0/s1. The summed E-state index contributed by atoms with van der Waals surface area (Å²) in [6, 6.07) is 6.64. The summed E-state index contributed by atoms with van der Waals surface area (Å²) in [6.45, 7) is 9.13. The lowest BCUT2D eigenvalue weighted by Crippen LogP contribution is -2.44. The zero-order chi connectivity index (χ0) is 34.5. The smallest absolute Gasteiger partial charge is 0.463 e. The predicted molar refractivity (Wildman–Crippen MR) is 162 cm³/mol. The van der Waals surface area contributed by atoms with Gasteiger partial charge in [0.1, 0.15) is 17.9 Å². The van der Waals surface area contributed by atoms with E-state index in [1.54, 1.807) is 51.4 Å². The van der Waals surface area contributed by atoms with Gasteiger partial charge < -0.3 is 28.2 Å². The number of anilines is 1. The third-order valence-corrected chi connectivity index (χ3v) is 8.67. The molecule has 18 heteroatoms. The number of hydrogen-bond donors (Lipinski definition) is 3. The first-order valence-electron chi connectivity index (χ1n) is 14.9. The number of hydrogen-bond acceptors (Lipinski definition) is 15. The van der Waals surface area contributed by atoms with Gasteiger partial charge in [-0.05, 0) is 65.7 Å².